The molecule has 0 saturated carbocycles. The van der Waals surface area contributed by atoms with Gasteiger partial charge in [0, 0.05) is 16.0 Å². The van der Waals surface area contributed by atoms with Gasteiger partial charge in [-0.25, -0.2) is 5.84 Å². The maximum atomic E-state index is 5.86. The van der Waals surface area contributed by atoms with Crippen molar-refractivity contribution in [3.63, 3.8) is 0 Å². The summed E-state index contributed by atoms with van der Waals surface area (Å²) < 4.78 is 0.859. The van der Waals surface area contributed by atoms with Crippen molar-refractivity contribution in [1.82, 2.24) is 5.43 Å². The molecule has 17 heavy (non-hydrogen) atoms. The van der Waals surface area contributed by atoms with Crippen LogP contribution in [0, 0.1) is 5.92 Å². The van der Waals surface area contributed by atoms with E-state index in [4.69, 9.17) is 17.4 Å². The summed E-state index contributed by atoms with van der Waals surface area (Å²) >= 11 is 9.28. The summed E-state index contributed by atoms with van der Waals surface area (Å²) in [7, 11) is 0. The van der Waals surface area contributed by atoms with Crippen LogP contribution in [0.1, 0.15) is 13.8 Å². The van der Waals surface area contributed by atoms with Gasteiger partial charge in [-0.15, -0.1) is 0 Å². The van der Waals surface area contributed by atoms with Crippen LogP contribution in [0.3, 0.4) is 0 Å². The largest absolute Gasteiger partial charge is 0.324 e. The molecule has 0 fully saturated rings. The number of nitrogens with zero attached hydrogens (tertiary/aromatic N) is 1. The van der Waals surface area contributed by atoms with E-state index in [2.05, 4.69) is 45.5 Å². The number of hydrogen-bond acceptors (Lipinski definition) is 2. The number of rotatable bonds is 3. The standard InChI is InChI=1S/C11H16BrClN4/c1-7(2)6-15-11(17-14)16-10-4-3-8(13)5-9(10)12/h3-5,7H,6,14H2,1-2H3,(H2,15,16,17). The van der Waals surface area contributed by atoms with Crippen molar-refractivity contribution < 1.29 is 0 Å². The van der Waals surface area contributed by atoms with Gasteiger partial charge in [0.25, 0.3) is 0 Å². The van der Waals surface area contributed by atoms with E-state index in [0.717, 1.165) is 10.2 Å². The van der Waals surface area contributed by atoms with E-state index in [0.29, 0.717) is 23.4 Å². The maximum Gasteiger partial charge on any atom is 0.210 e. The summed E-state index contributed by atoms with van der Waals surface area (Å²) in [5, 5.41) is 3.76. The van der Waals surface area contributed by atoms with Crippen LogP contribution < -0.4 is 16.6 Å². The predicted molar refractivity (Wildman–Crippen MR) is 77.2 cm³/mol. The molecule has 0 aromatic heterocycles. The van der Waals surface area contributed by atoms with E-state index in [-0.39, 0.29) is 0 Å². The topological polar surface area (TPSA) is 62.4 Å². The van der Waals surface area contributed by atoms with Crippen molar-refractivity contribution >= 4 is 39.2 Å². The number of anilines is 1. The minimum Gasteiger partial charge on any atom is -0.324 e. The number of nitrogens with two attached hydrogens (primary N) is 1. The van der Waals surface area contributed by atoms with Gasteiger partial charge >= 0.3 is 0 Å². The molecule has 0 unspecified atom stereocenters. The number of benzene rings is 1. The Kier molecular flexibility index (Phi) is 5.74. The van der Waals surface area contributed by atoms with Crippen LogP contribution in [-0.4, -0.2) is 12.5 Å². The molecule has 4 N–H and O–H groups in total. The molecule has 1 aromatic carbocycles. The second kappa shape index (κ2) is 6.83. The van der Waals surface area contributed by atoms with E-state index >= 15 is 0 Å². The Hall–Kier alpha value is -0.780. The van der Waals surface area contributed by atoms with E-state index in [1.54, 1.807) is 12.1 Å². The van der Waals surface area contributed by atoms with E-state index in [9.17, 15) is 0 Å². The summed E-state index contributed by atoms with van der Waals surface area (Å²) in [6.07, 6.45) is 0. The van der Waals surface area contributed by atoms with Gasteiger partial charge < -0.3 is 5.32 Å². The van der Waals surface area contributed by atoms with Crippen molar-refractivity contribution in [3.05, 3.63) is 27.7 Å². The van der Waals surface area contributed by atoms with Crippen LogP contribution in [0.2, 0.25) is 5.02 Å². The molecule has 6 heteroatoms. The molecule has 0 radical (unpaired) electrons. The molecule has 0 saturated heterocycles. The molecular weight excluding hydrogens is 304 g/mol. The van der Waals surface area contributed by atoms with Gasteiger partial charge in [-0.3, -0.25) is 10.4 Å². The number of hydrogen-bond donors (Lipinski definition) is 3. The highest BCUT2D eigenvalue weighted by atomic mass is 79.9. The Bertz CT molecular complexity index is 406. The van der Waals surface area contributed by atoms with Gasteiger partial charge in [0.15, 0.2) is 0 Å². The zero-order chi connectivity index (χ0) is 12.8. The lowest BCUT2D eigenvalue weighted by molar-refractivity contribution is 0.663. The molecule has 0 amide bonds. The third-order valence-corrected chi connectivity index (χ3v) is 2.83. The van der Waals surface area contributed by atoms with Gasteiger partial charge in [0.05, 0.1) is 5.69 Å². The van der Waals surface area contributed by atoms with Crippen LogP contribution in [0.4, 0.5) is 5.69 Å². The van der Waals surface area contributed by atoms with E-state index < -0.39 is 0 Å². The van der Waals surface area contributed by atoms with Crippen LogP contribution >= 0.6 is 27.5 Å². The molecule has 94 valence electrons. The van der Waals surface area contributed by atoms with Crippen LogP contribution in [-0.2, 0) is 0 Å². The highest BCUT2D eigenvalue weighted by molar-refractivity contribution is 9.10. The normalized spacial score (nSPS) is 11.8. The lowest BCUT2D eigenvalue weighted by Crippen LogP contribution is -2.36. The van der Waals surface area contributed by atoms with Crippen molar-refractivity contribution in [2.75, 3.05) is 11.9 Å². The summed E-state index contributed by atoms with van der Waals surface area (Å²) in [5.41, 5.74) is 3.39. The fourth-order valence-corrected chi connectivity index (χ4v) is 1.90. The number of nitrogens with one attached hydrogen (secondary N) is 2. The zero-order valence-electron chi connectivity index (χ0n) is 9.80. The molecule has 0 bridgehead atoms. The van der Waals surface area contributed by atoms with Gasteiger partial charge in [0.1, 0.15) is 0 Å². The highest BCUT2D eigenvalue weighted by Crippen LogP contribution is 2.25. The molecule has 1 rings (SSSR count). The average molecular weight is 320 g/mol. The fourth-order valence-electron chi connectivity index (χ4n) is 1.11. The Morgan fingerprint density at radius 1 is 1.53 bits per heavy atom. The van der Waals surface area contributed by atoms with Crippen LogP contribution in [0.15, 0.2) is 27.7 Å². The molecular formula is C11H16BrClN4. The molecule has 0 spiro atoms. The monoisotopic (exact) mass is 318 g/mol. The molecule has 0 aliphatic carbocycles. The first-order valence-corrected chi connectivity index (χ1v) is 6.43. The number of aliphatic imine (C=N–C) groups is 1. The average Bonchev–Trinajstić information content (AvgIpc) is 2.26. The van der Waals surface area contributed by atoms with Crippen molar-refractivity contribution in [1.29, 1.82) is 0 Å². The maximum absolute atomic E-state index is 5.86. The minimum atomic E-state index is 0.480. The first-order valence-electron chi connectivity index (χ1n) is 5.26. The second-order valence-electron chi connectivity index (χ2n) is 3.98. The third kappa shape index (κ3) is 4.93. The summed E-state index contributed by atoms with van der Waals surface area (Å²) in [6, 6.07) is 5.46. The van der Waals surface area contributed by atoms with Crippen molar-refractivity contribution in [3.8, 4) is 0 Å². The van der Waals surface area contributed by atoms with Crippen molar-refractivity contribution in [2.45, 2.75) is 13.8 Å². The SMILES string of the molecule is CC(C)CN=C(NN)Nc1ccc(Cl)cc1Br. The van der Waals surface area contributed by atoms with Gasteiger partial charge in [-0.2, -0.15) is 0 Å². The summed E-state index contributed by atoms with van der Waals surface area (Å²) in [5.74, 6) is 6.41. The van der Waals surface area contributed by atoms with Gasteiger partial charge in [-0.1, -0.05) is 25.4 Å². The summed E-state index contributed by atoms with van der Waals surface area (Å²) in [4.78, 5) is 4.32. The Balaban J connectivity index is 2.77. The third-order valence-electron chi connectivity index (χ3n) is 1.94. The van der Waals surface area contributed by atoms with E-state index in [1.165, 1.54) is 0 Å². The Morgan fingerprint density at radius 2 is 2.24 bits per heavy atom. The van der Waals surface area contributed by atoms with Crippen molar-refractivity contribution in [2.24, 2.45) is 16.8 Å². The number of hydrazine groups is 1. The first-order chi connectivity index (χ1) is 8.02. The van der Waals surface area contributed by atoms with Gasteiger partial charge in [-0.05, 0) is 40.0 Å². The molecule has 4 nitrogen and oxygen atoms in total. The molecule has 0 aliphatic heterocycles. The molecule has 1 aromatic rings. The lowest BCUT2D eigenvalue weighted by atomic mass is 10.2. The Morgan fingerprint density at radius 3 is 2.76 bits per heavy atom. The first kappa shape index (κ1) is 14.3. The van der Waals surface area contributed by atoms with Crippen LogP contribution in [0.25, 0.3) is 0 Å². The highest BCUT2D eigenvalue weighted by Gasteiger charge is 2.03. The van der Waals surface area contributed by atoms with Crippen LogP contribution in [0.5, 0.6) is 0 Å². The summed E-state index contributed by atoms with van der Waals surface area (Å²) in [6.45, 7) is 4.89. The molecule has 0 heterocycles. The smallest absolute Gasteiger partial charge is 0.210 e. The molecule has 0 atom stereocenters. The second-order valence-corrected chi connectivity index (χ2v) is 5.27. The fraction of sp³-hybridized carbons (Fsp3) is 0.364. The van der Waals surface area contributed by atoms with Gasteiger partial charge in [0.2, 0.25) is 5.96 Å². The quantitative estimate of drug-likeness (QED) is 0.347. The number of halogens is 2. The molecule has 0 aliphatic rings. The Labute approximate surface area is 115 Å². The van der Waals surface area contributed by atoms with E-state index in [1.807, 2.05) is 6.07 Å². The lowest BCUT2D eigenvalue weighted by Gasteiger charge is -2.11. The minimum absolute atomic E-state index is 0.480. The zero-order valence-corrected chi connectivity index (χ0v) is 12.1. The number of guanidine groups is 1. The predicted octanol–water partition coefficient (Wildman–Crippen LogP) is 2.99.